The number of nitrogens with zero attached hydrogens (tertiary/aromatic N) is 3. The Balaban J connectivity index is 1.73. The predicted octanol–water partition coefficient (Wildman–Crippen LogP) is 3.31. The molecule has 2 heterocycles. The summed E-state index contributed by atoms with van der Waals surface area (Å²) in [6.07, 6.45) is 5.81. The van der Waals surface area contributed by atoms with Crippen molar-refractivity contribution >= 4 is 41.8 Å². The molecule has 1 fully saturated rings. The summed E-state index contributed by atoms with van der Waals surface area (Å²) in [5.74, 6) is -0.498. The molecule has 8 nitrogen and oxygen atoms in total. The Hall–Kier alpha value is -3.20. The van der Waals surface area contributed by atoms with Crippen molar-refractivity contribution < 1.29 is 14.3 Å². The summed E-state index contributed by atoms with van der Waals surface area (Å²) in [4.78, 5) is 31.3. The van der Waals surface area contributed by atoms with E-state index >= 15 is 0 Å². The number of pyridine rings is 1. The van der Waals surface area contributed by atoms with Gasteiger partial charge in [-0.2, -0.15) is 5.10 Å². The highest BCUT2D eigenvalue weighted by atomic mass is 32.2. The molecule has 9 heteroatoms. The van der Waals surface area contributed by atoms with Crippen LogP contribution in [0.25, 0.3) is 0 Å². The first kappa shape index (κ1) is 21.5. The maximum Gasteiger partial charge on any atom is 0.340 e. The fourth-order valence-electron chi connectivity index (χ4n) is 3.21. The number of ether oxygens (including phenoxy) is 1. The van der Waals surface area contributed by atoms with Crippen molar-refractivity contribution in [2.45, 2.75) is 23.1 Å². The third-order valence-electron chi connectivity index (χ3n) is 4.61. The lowest BCUT2D eigenvalue weighted by atomic mass is 10.1. The lowest BCUT2D eigenvalue weighted by Gasteiger charge is -2.32. The zero-order chi connectivity index (χ0) is 21.3. The molecule has 1 aliphatic rings. The molecule has 1 aromatic heterocycles. The zero-order valence-electron chi connectivity index (χ0n) is 16.6. The van der Waals surface area contributed by atoms with Crippen molar-refractivity contribution in [3.05, 3.63) is 53.7 Å². The van der Waals surface area contributed by atoms with Gasteiger partial charge in [0.2, 0.25) is 0 Å². The Labute approximate surface area is 179 Å². The normalized spacial score (nSPS) is 16.3. The van der Waals surface area contributed by atoms with Crippen molar-refractivity contribution in [2.24, 2.45) is 5.10 Å². The summed E-state index contributed by atoms with van der Waals surface area (Å²) in [6.45, 7) is 1.22. The average molecular weight is 426 g/mol. The van der Waals surface area contributed by atoms with Gasteiger partial charge in [0.05, 0.1) is 30.1 Å². The summed E-state index contributed by atoms with van der Waals surface area (Å²) in [6, 6.07) is 10.6. The van der Waals surface area contributed by atoms with Gasteiger partial charge in [0.1, 0.15) is 5.03 Å². The van der Waals surface area contributed by atoms with Crippen molar-refractivity contribution in [2.75, 3.05) is 25.6 Å². The Morgan fingerprint density at radius 1 is 1.30 bits per heavy atom. The van der Waals surface area contributed by atoms with E-state index in [0.29, 0.717) is 34.9 Å². The van der Waals surface area contributed by atoms with E-state index in [2.05, 4.69) is 15.5 Å². The van der Waals surface area contributed by atoms with Crippen LogP contribution in [0.3, 0.4) is 0 Å². The van der Waals surface area contributed by atoms with E-state index in [9.17, 15) is 9.59 Å². The molecule has 1 aliphatic heterocycles. The predicted molar refractivity (Wildman–Crippen MR) is 118 cm³/mol. The molecule has 0 radical (unpaired) electrons. The third-order valence-corrected chi connectivity index (χ3v) is 5.88. The van der Waals surface area contributed by atoms with Crippen molar-refractivity contribution in [1.29, 1.82) is 5.41 Å². The molecular formula is C21H23N5O3S. The van der Waals surface area contributed by atoms with Gasteiger partial charge in [-0.15, -0.1) is 11.8 Å². The van der Waals surface area contributed by atoms with Gasteiger partial charge in [-0.1, -0.05) is 12.1 Å². The Kier molecular flexibility index (Phi) is 7.56. The monoisotopic (exact) mass is 425 g/mol. The smallest absolute Gasteiger partial charge is 0.340 e. The second kappa shape index (κ2) is 10.5. The first-order chi connectivity index (χ1) is 14.6. The Bertz CT molecular complexity index is 950. The molecule has 156 valence electrons. The van der Waals surface area contributed by atoms with Crippen LogP contribution in [0, 0.1) is 5.41 Å². The first-order valence-corrected chi connectivity index (χ1v) is 10.4. The number of esters is 1. The summed E-state index contributed by atoms with van der Waals surface area (Å²) >= 11 is 1.50. The average Bonchev–Trinajstić information content (AvgIpc) is 2.79. The highest BCUT2D eigenvalue weighted by Gasteiger charge is 2.28. The van der Waals surface area contributed by atoms with Crippen LogP contribution in [0.1, 0.15) is 33.6 Å². The molecule has 1 saturated heterocycles. The molecule has 1 atom stereocenters. The largest absolute Gasteiger partial charge is 0.465 e. The SMILES string of the molecule is COC(=O)c1cccnc1SC1CCCN(C(=O)c2ccccc2N/N=C\C=N)C1. The minimum Gasteiger partial charge on any atom is -0.465 e. The second-order valence-electron chi connectivity index (χ2n) is 6.58. The van der Waals surface area contributed by atoms with E-state index in [0.717, 1.165) is 19.1 Å². The van der Waals surface area contributed by atoms with E-state index < -0.39 is 5.97 Å². The number of carbonyl (C=O) groups is 2. The maximum atomic E-state index is 13.2. The number of piperidine rings is 1. The summed E-state index contributed by atoms with van der Waals surface area (Å²) < 4.78 is 4.85. The van der Waals surface area contributed by atoms with Gasteiger partial charge in [0, 0.05) is 30.8 Å². The number of amides is 1. The number of nitrogens with one attached hydrogen (secondary N) is 2. The molecule has 3 rings (SSSR count). The quantitative estimate of drug-likeness (QED) is 0.400. The van der Waals surface area contributed by atoms with E-state index in [4.69, 9.17) is 10.1 Å². The molecule has 0 saturated carbocycles. The molecule has 1 amide bonds. The number of hydrogen-bond acceptors (Lipinski definition) is 8. The van der Waals surface area contributed by atoms with E-state index in [1.54, 1.807) is 30.5 Å². The van der Waals surface area contributed by atoms with Gasteiger partial charge in [-0.3, -0.25) is 10.2 Å². The number of likely N-dealkylation sites (tertiary alicyclic amines) is 1. The summed E-state index contributed by atoms with van der Waals surface area (Å²) in [7, 11) is 1.35. The van der Waals surface area contributed by atoms with E-state index in [1.807, 2.05) is 17.0 Å². The number of aromatic nitrogens is 1. The number of carbonyl (C=O) groups excluding carboxylic acids is 2. The van der Waals surface area contributed by atoms with Crippen molar-refractivity contribution in [3.8, 4) is 0 Å². The van der Waals surface area contributed by atoms with Crippen molar-refractivity contribution in [1.82, 2.24) is 9.88 Å². The molecule has 0 spiro atoms. The number of methoxy groups -OCH3 is 1. The molecular weight excluding hydrogens is 402 g/mol. The number of thioether (sulfide) groups is 1. The molecule has 1 aromatic carbocycles. The fraction of sp³-hybridized carbons (Fsp3) is 0.286. The minimum absolute atomic E-state index is 0.0809. The van der Waals surface area contributed by atoms with Crippen LogP contribution < -0.4 is 5.43 Å². The van der Waals surface area contributed by atoms with E-state index in [-0.39, 0.29) is 11.2 Å². The molecule has 30 heavy (non-hydrogen) atoms. The highest BCUT2D eigenvalue weighted by Crippen LogP contribution is 2.31. The summed E-state index contributed by atoms with van der Waals surface area (Å²) in [5.41, 5.74) is 4.37. The molecule has 0 bridgehead atoms. The highest BCUT2D eigenvalue weighted by molar-refractivity contribution is 8.00. The summed E-state index contributed by atoms with van der Waals surface area (Å²) in [5, 5.41) is 11.7. The standard InChI is InChI=1S/C21H23N5O3S/c1-29-21(28)17-8-4-11-23-19(17)30-15-6-5-13-26(14-15)20(27)16-7-2-3-9-18(16)25-24-12-10-22/h2-4,7-12,15,22,25H,5-6,13-14H2,1H3/b22-10?,24-12-. The van der Waals surface area contributed by atoms with Gasteiger partial charge in [-0.05, 0) is 37.1 Å². The lowest BCUT2D eigenvalue weighted by molar-refractivity contribution is 0.0595. The minimum atomic E-state index is -0.417. The van der Waals surface area contributed by atoms with Crippen LogP contribution in [-0.2, 0) is 4.74 Å². The van der Waals surface area contributed by atoms with Gasteiger partial charge in [0.25, 0.3) is 5.91 Å². The lowest BCUT2D eigenvalue weighted by Crippen LogP contribution is -2.41. The molecule has 2 N–H and O–H groups in total. The molecule has 0 aliphatic carbocycles. The van der Waals surface area contributed by atoms with Gasteiger partial charge in [-0.25, -0.2) is 9.78 Å². The molecule has 1 unspecified atom stereocenters. The Morgan fingerprint density at radius 3 is 2.90 bits per heavy atom. The second-order valence-corrected chi connectivity index (χ2v) is 7.87. The number of benzene rings is 1. The van der Waals surface area contributed by atoms with Gasteiger partial charge < -0.3 is 15.0 Å². The third kappa shape index (κ3) is 5.24. The maximum absolute atomic E-state index is 13.2. The van der Waals surface area contributed by atoms with Crippen LogP contribution in [-0.4, -0.2) is 59.6 Å². The molecule has 2 aromatic rings. The fourth-order valence-corrected chi connectivity index (χ4v) is 4.46. The van der Waals surface area contributed by atoms with Gasteiger partial charge >= 0.3 is 5.97 Å². The van der Waals surface area contributed by atoms with Gasteiger partial charge in [0.15, 0.2) is 0 Å². The van der Waals surface area contributed by atoms with Crippen LogP contribution in [0.4, 0.5) is 5.69 Å². The van der Waals surface area contributed by atoms with Crippen LogP contribution in [0.5, 0.6) is 0 Å². The van der Waals surface area contributed by atoms with Crippen LogP contribution >= 0.6 is 11.8 Å². The Morgan fingerprint density at radius 2 is 2.10 bits per heavy atom. The van der Waals surface area contributed by atoms with E-state index in [1.165, 1.54) is 25.1 Å². The van der Waals surface area contributed by atoms with Crippen molar-refractivity contribution in [3.63, 3.8) is 0 Å². The number of hydrogen-bond donors (Lipinski definition) is 2. The number of para-hydroxylation sites is 1. The first-order valence-electron chi connectivity index (χ1n) is 9.50. The van der Waals surface area contributed by atoms with Crippen LogP contribution in [0.15, 0.2) is 52.7 Å². The topological polar surface area (TPSA) is 108 Å². The number of hydrazone groups is 1. The zero-order valence-corrected chi connectivity index (χ0v) is 17.4. The number of anilines is 1. The van der Waals surface area contributed by atoms with Crippen LogP contribution in [0.2, 0.25) is 0 Å². The number of rotatable bonds is 7.